The lowest BCUT2D eigenvalue weighted by atomic mass is 9.97. The fraction of sp³-hybridized carbons (Fsp3) is 0.667. The summed E-state index contributed by atoms with van der Waals surface area (Å²) in [6, 6.07) is 3.65. The molecule has 1 amide bonds. The Morgan fingerprint density at radius 2 is 2.25 bits per heavy atom. The highest BCUT2D eigenvalue weighted by Gasteiger charge is 2.21. The van der Waals surface area contributed by atoms with Crippen molar-refractivity contribution < 1.29 is 9.21 Å². The fourth-order valence-corrected chi connectivity index (χ4v) is 2.74. The molecule has 1 atom stereocenters. The van der Waals surface area contributed by atoms with Crippen LogP contribution in [0.5, 0.6) is 0 Å². The van der Waals surface area contributed by atoms with E-state index in [2.05, 4.69) is 15.5 Å². The summed E-state index contributed by atoms with van der Waals surface area (Å²) in [6.45, 7) is 5.52. The molecule has 5 nitrogen and oxygen atoms in total. The highest BCUT2D eigenvalue weighted by Crippen LogP contribution is 2.16. The summed E-state index contributed by atoms with van der Waals surface area (Å²) >= 11 is 0. The number of hydrogen-bond acceptors (Lipinski definition) is 4. The Labute approximate surface area is 120 Å². The van der Waals surface area contributed by atoms with Crippen LogP contribution in [0.15, 0.2) is 22.8 Å². The monoisotopic (exact) mass is 279 g/mol. The largest absolute Gasteiger partial charge is 0.467 e. The standard InChI is InChI=1S/C15H25N3O2/c1-12(14-4-3-9-20-14)17-15(19)11-18-7-5-13(6-8-18)10-16-2/h3-4,9,12-13,16H,5-8,10-11H2,1-2H3,(H,17,19). The van der Waals surface area contributed by atoms with Crippen molar-refractivity contribution >= 4 is 5.91 Å². The lowest BCUT2D eigenvalue weighted by molar-refractivity contribution is -0.123. The van der Waals surface area contributed by atoms with Crippen molar-refractivity contribution in [3.05, 3.63) is 24.2 Å². The number of piperidine rings is 1. The first-order valence-electron chi connectivity index (χ1n) is 7.38. The molecule has 1 aromatic rings. The molecule has 0 aliphatic carbocycles. The Bertz CT molecular complexity index is 397. The van der Waals surface area contributed by atoms with Crippen LogP contribution in [0.1, 0.15) is 31.6 Å². The minimum absolute atomic E-state index is 0.0701. The molecule has 1 unspecified atom stereocenters. The molecule has 0 spiro atoms. The van der Waals surface area contributed by atoms with Crippen molar-refractivity contribution in [1.82, 2.24) is 15.5 Å². The number of nitrogens with one attached hydrogen (secondary N) is 2. The summed E-state index contributed by atoms with van der Waals surface area (Å²) in [4.78, 5) is 14.2. The lowest BCUT2D eigenvalue weighted by Crippen LogP contribution is -2.43. The average molecular weight is 279 g/mol. The van der Waals surface area contributed by atoms with Crippen LogP contribution in [-0.2, 0) is 4.79 Å². The third kappa shape index (κ3) is 4.35. The normalized spacial score (nSPS) is 18.9. The van der Waals surface area contributed by atoms with E-state index >= 15 is 0 Å². The summed E-state index contributed by atoms with van der Waals surface area (Å²) in [5.74, 6) is 1.62. The third-order valence-electron chi connectivity index (χ3n) is 3.91. The number of hydrogen-bond donors (Lipinski definition) is 2. The zero-order valence-electron chi connectivity index (χ0n) is 12.4. The minimum atomic E-state index is -0.0701. The first-order valence-corrected chi connectivity index (χ1v) is 7.38. The molecular formula is C15H25N3O2. The van der Waals surface area contributed by atoms with Crippen LogP contribution in [0.25, 0.3) is 0 Å². The molecule has 0 aromatic carbocycles. The number of likely N-dealkylation sites (tertiary alicyclic amines) is 1. The van der Waals surface area contributed by atoms with Gasteiger partial charge in [0.05, 0.1) is 18.8 Å². The second kappa shape index (κ2) is 7.45. The first kappa shape index (κ1) is 15.1. The molecule has 1 fully saturated rings. The zero-order valence-corrected chi connectivity index (χ0v) is 12.4. The van der Waals surface area contributed by atoms with Gasteiger partial charge in [-0.15, -0.1) is 0 Å². The van der Waals surface area contributed by atoms with Gasteiger partial charge in [0.15, 0.2) is 0 Å². The lowest BCUT2D eigenvalue weighted by Gasteiger charge is -2.31. The van der Waals surface area contributed by atoms with Crippen molar-refractivity contribution in [3.63, 3.8) is 0 Å². The van der Waals surface area contributed by atoms with Gasteiger partial charge in [-0.1, -0.05) is 0 Å². The van der Waals surface area contributed by atoms with Crippen LogP contribution in [0.3, 0.4) is 0 Å². The quantitative estimate of drug-likeness (QED) is 0.826. The van der Waals surface area contributed by atoms with Gasteiger partial charge in [0.2, 0.25) is 5.91 Å². The van der Waals surface area contributed by atoms with Crippen molar-refractivity contribution in [2.24, 2.45) is 5.92 Å². The topological polar surface area (TPSA) is 57.5 Å². The Balaban J connectivity index is 1.70. The number of amides is 1. The third-order valence-corrected chi connectivity index (χ3v) is 3.91. The Hall–Kier alpha value is -1.33. The maximum atomic E-state index is 12.0. The highest BCUT2D eigenvalue weighted by atomic mass is 16.3. The molecule has 1 aliphatic heterocycles. The molecule has 1 aromatic heterocycles. The number of rotatable bonds is 6. The summed E-state index contributed by atoms with van der Waals surface area (Å²) in [5.41, 5.74) is 0. The van der Waals surface area contributed by atoms with E-state index in [0.717, 1.165) is 31.3 Å². The van der Waals surface area contributed by atoms with Crippen molar-refractivity contribution in [2.75, 3.05) is 33.2 Å². The van der Waals surface area contributed by atoms with E-state index < -0.39 is 0 Å². The van der Waals surface area contributed by atoms with E-state index in [1.54, 1.807) is 6.26 Å². The second-order valence-corrected chi connectivity index (χ2v) is 5.58. The van der Waals surface area contributed by atoms with Crippen molar-refractivity contribution in [1.29, 1.82) is 0 Å². The molecule has 0 radical (unpaired) electrons. The zero-order chi connectivity index (χ0) is 14.4. The first-order chi connectivity index (χ1) is 9.69. The molecule has 2 rings (SSSR count). The molecule has 1 saturated heterocycles. The number of carbonyl (C=O) groups excluding carboxylic acids is 1. The molecule has 0 saturated carbocycles. The molecule has 112 valence electrons. The average Bonchev–Trinajstić information content (AvgIpc) is 2.95. The van der Waals surface area contributed by atoms with E-state index in [9.17, 15) is 4.79 Å². The van der Waals surface area contributed by atoms with Crippen LogP contribution in [0.2, 0.25) is 0 Å². The second-order valence-electron chi connectivity index (χ2n) is 5.58. The van der Waals surface area contributed by atoms with Gasteiger partial charge in [0.25, 0.3) is 0 Å². The number of nitrogens with zero attached hydrogens (tertiary/aromatic N) is 1. The van der Waals surface area contributed by atoms with Crippen LogP contribution in [0.4, 0.5) is 0 Å². The van der Waals surface area contributed by atoms with Gasteiger partial charge in [0.1, 0.15) is 5.76 Å². The maximum Gasteiger partial charge on any atom is 0.234 e. The van der Waals surface area contributed by atoms with Gasteiger partial charge in [-0.25, -0.2) is 0 Å². The SMILES string of the molecule is CNCC1CCN(CC(=O)NC(C)c2ccco2)CC1. The Kier molecular flexibility index (Phi) is 5.61. The van der Waals surface area contributed by atoms with Crippen LogP contribution in [-0.4, -0.2) is 44.0 Å². The van der Waals surface area contributed by atoms with Gasteiger partial charge in [0, 0.05) is 0 Å². The predicted octanol–water partition coefficient (Wildman–Crippen LogP) is 1.39. The fourth-order valence-electron chi connectivity index (χ4n) is 2.74. The smallest absolute Gasteiger partial charge is 0.234 e. The van der Waals surface area contributed by atoms with Gasteiger partial charge in [-0.05, 0) is 64.5 Å². The van der Waals surface area contributed by atoms with Gasteiger partial charge >= 0.3 is 0 Å². The van der Waals surface area contributed by atoms with E-state index in [0.29, 0.717) is 6.54 Å². The van der Waals surface area contributed by atoms with Crippen LogP contribution < -0.4 is 10.6 Å². The van der Waals surface area contributed by atoms with Gasteiger partial charge in [-0.3, -0.25) is 9.69 Å². The van der Waals surface area contributed by atoms with Crippen LogP contribution in [0, 0.1) is 5.92 Å². The number of furan rings is 1. The molecule has 5 heteroatoms. The summed E-state index contributed by atoms with van der Waals surface area (Å²) in [5, 5.41) is 6.21. The van der Waals surface area contributed by atoms with Crippen molar-refractivity contribution in [2.45, 2.75) is 25.8 Å². The van der Waals surface area contributed by atoms with E-state index in [-0.39, 0.29) is 11.9 Å². The van der Waals surface area contributed by atoms with E-state index in [1.807, 2.05) is 26.1 Å². The van der Waals surface area contributed by atoms with E-state index in [4.69, 9.17) is 4.42 Å². The van der Waals surface area contributed by atoms with Gasteiger partial charge in [-0.2, -0.15) is 0 Å². The summed E-state index contributed by atoms with van der Waals surface area (Å²) < 4.78 is 5.29. The molecule has 2 N–H and O–H groups in total. The molecule has 0 bridgehead atoms. The summed E-state index contributed by atoms with van der Waals surface area (Å²) in [7, 11) is 2.00. The number of carbonyl (C=O) groups is 1. The van der Waals surface area contributed by atoms with Crippen molar-refractivity contribution in [3.8, 4) is 0 Å². The predicted molar refractivity (Wildman–Crippen MR) is 78.4 cm³/mol. The van der Waals surface area contributed by atoms with E-state index in [1.165, 1.54) is 12.8 Å². The highest BCUT2D eigenvalue weighted by molar-refractivity contribution is 5.78. The van der Waals surface area contributed by atoms with Crippen LogP contribution >= 0.6 is 0 Å². The molecule has 20 heavy (non-hydrogen) atoms. The minimum Gasteiger partial charge on any atom is -0.467 e. The van der Waals surface area contributed by atoms with Gasteiger partial charge < -0.3 is 15.1 Å². The maximum absolute atomic E-state index is 12.0. The molecule has 2 heterocycles. The molecule has 1 aliphatic rings. The Morgan fingerprint density at radius 3 is 2.85 bits per heavy atom. The summed E-state index contributed by atoms with van der Waals surface area (Å²) in [6.07, 6.45) is 3.97. The molecular weight excluding hydrogens is 254 g/mol. The Morgan fingerprint density at radius 1 is 1.50 bits per heavy atom.